The summed E-state index contributed by atoms with van der Waals surface area (Å²) >= 11 is 4.72. The molecule has 1 aliphatic rings. The Morgan fingerprint density at radius 2 is 2.16 bits per heavy atom. The second-order valence-electron chi connectivity index (χ2n) is 5.50. The van der Waals surface area contributed by atoms with Gasteiger partial charge in [0.1, 0.15) is 11.9 Å². The SMILES string of the molecule is Brc1cnc(Nc2nc(C3CCCO3)ns2)c(Oc2ccccc2)c1. The van der Waals surface area contributed by atoms with Gasteiger partial charge in [-0.15, -0.1) is 0 Å². The highest BCUT2D eigenvalue weighted by Gasteiger charge is 2.22. The first-order chi connectivity index (χ1) is 12.3. The van der Waals surface area contributed by atoms with Crippen molar-refractivity contribution in [2.45, 2.75) is 18.9 Å². The maximum Gasteiger partial charge on any atom is 0.208 e. The quantitative estimate of drug-likeness (QED) is 0.622. The number of pyridine rings is 1. The molecule has 1 N–H and O–H groups in total. The number of hydrogen-bond acceptors (Lipinski definition) is 7. The first kappa shape index (κ1) is 16.4. The average molecular weight is 419 g/mol. The van der Waals surface area contributed by atoms with Crippen LogP contribution in [0.1, 0.15) is 24.8 Å². The molecule has 0 radical (unpaired) electrons. The van der Waals surface area contributed by atoms with Gasteiger partial charge in [0.15, 0.2) is 17.4 Å². The molecule has 1 aromatic carbocycles. The van der Waals surface area contributed by atoms with Crippen LogP contribution in [-0.2, 0) is 4.74 Å². The van der Waals surface area contributed by atoms with Gasteiger partial charge in [-0.05, 0) is 40.9 Å². The number of benzene rings is 1. The third kappa shape index (κ3) is 3.97. The third-order valence-electron chi connectivity index (χ3n) is 3.68. The molecule has 1 unspecified atom stereocenters. The van der Waals surface area contributed by atoms with Crippen molar-refractivity contribution in [2.75, 3.05) is 11.9 Å². The van der Waals surface area contributed by atoms with Crippen LogP contribution in [0, 0.1) is 0 Å². The molecular weight excluding hydrogens is 404 g/mol. The summed E-state index contributed by atoms with van der Waals surface area (Å²) in [7, 11) is 0. The first-order valence-electron chi connectivity index (χ1n) is 7.88. The van der Waals surface area contributed by atoms with Crippen LogP contribution >= 0.6 is 27.5 Å². The Morgan fingerprint density at radius 1 is 1.28 bits per heavy atom. The summed E-state index contributed by atoms with van der Waals surface area (Å²) in [5.74, 6) is 2.66. The van der Waals surface area contributed by atoms with Gasteiger partial charge in [-0.2, -0.15) is 4.37 Å². The lowest BCUT2D eigenvalue weighted by atomic mass is 10.2. The summed E-state index contributed by atoms with van der Waals surface area (Å²) in [6, 6.07) is 11.4. The van der Waals surface area contributed by atoms with Crippen molar-refractivity contribution >= 4 is 38.4 Å². The molecule has 6 nitrogen and oxygen atoms in total. The highest BCUT2D eigenvalue weighted by Crippen LogP contribution is 2.34. The largest absolute Gasteiger partial charge is 0.453 e. The van der Waals surface area contributed by atoms with Crippen LogP contribution in [-0.4, -0.2) is 20.9 Å². The van der Waals surface area contributed by atoms with E-state index in [-0.39, 0.29) is 6.10 Å². The summed E-state index contributed by atoms with van der Waals surface area (Å²) < 4.78 is 16.8. The van der Waals surface area contributed by atoms with Crippen LogP contribution < -0.4 is 10.1 Å². The van der Waals surface area contributed by atoms with E-state index < -0.39 is 0 Å². The Hall–Kier alpha value is -2.03. The van der Waals surface area contributed by atoms with Crippen LogP contribution in [0.15, 0.2) is 47.1 Å². The zero-order valence-corrected chi connectivity index (χ0v) is 15.6. The van der Waals surface area contributed by atoms with Gasteiger partial charge in [-0.3, -0.25) is 0 Å². The van der Waals surface area contributed by atoms with Gasteiger partial charge in [-0.25, -0.2) is 9.97 Å². The van der Waals surface area contributed by atoms with Crippen molar-refractivity contribution < 1.29 is 9.47 Å². The second kappa shape index (κ2) is 7.47. The first-order valence-corrected chi connectivity index (χ1v) is 9.45. The van der Waals surface area contributed by atoms with Gasteiger partial charge in [0, 0.05) is 34.9 Å². The van der Waals surface area contributed by atoms with Crippen molar-refractivity contribution in [3.05, 3.63) is 52.9 Å². The molecule has 25 heavy (non-hydrogen) atoms. The van der Waals surface area contributed by atoms with Gasteiger partial charge in [-0.1, -0.05) is 18.2 Å². The summed E-state index contributed by atoms with van der Waals surface area (Å²) in [6.45, 7) is 0.774. The predicted molar refractivity (Wildman–Crippen MR) is 99.6 cm³/mol. The minimum atomic E-state index is 0.00437. The maximum absolute atomic E-state index is 5.95. The summed E-state index contributed by atoms with van der Waals surface area (Å²) in [5, 5.41) is 3.86. The molecule has 4 rings (SSSR count). The summed E-state index contributed by atoms with van der Waals surface area (Å²) in [5.41, 5.74) is 0. The highest BCUT2D eigenvalue weighted by molar-refractivity contribution is 9.10. The van der Waals surface area contributed by atoms with E-state index in [9.17, 15) is 0 Å². The van der Waals surface area contributed by atoms with Crippen LogP contribution in [0.4, 0.5) is 10.9 Å². The van der Waals surface area contributed by atoms with E-state index >= 15 is 0 Å². The van der Waals surface area contributed by atoms with Crippen molar-refractivity contribution in [3.63, 3.8) is 0 Å². The van der Waals surface area contributed by atoms with E-state index in [1.807, 2.05) is 36.4 Å². The molecule has 3 heterocycles. The lowest BCUT2D eigenvalue weighted by molar-refractivity contribution is 0.106. The summed E-state index contributed by atoms with van der Waals surface area (Å²) in [4.78, 5) is 8.92. The van der Waals surface area contributed by atoms with Crippen molar-refractivity contribution in [1.82, 2.24) is 14.3 Å². The van der Waals surface area contributed by atoms with Crippen LogP contribution in [0.2, 0.25) is 0 Å². The van der Waals surface area contributed by atoms with E-state index in [1.54, 1.807) is 6.20 Å². The van der Waals surface area contributed by atoms with E-state index in [0.29, 0.717) is 16.7 Å². The molecule has 8 heteroatoms. The lowest BCUT2D eigenvalue weighted by Gasteiger charge is -2.11. The Morgan fingerprint density at radius 3 is 2.96 bits per heavy atom. The van der Waals surface area contributed by atoms with Crippen molar-refractivity contribution in [2.24, 2.45) is 0 Å². The predicted octanol–water partition coefficient (Wildman–Crippen LogP) is 5.08. The smallest absolute Gasteiger partial charge is 0.208 e. The van der Waals surface area contributed by atoms with Crippen LogP contribution in [0.25, 0.3) is 0 Å². The molecule has 1 aliphatic heterocycles. The standard InChI is InChI=1S/C17H15BrN4O2S/c18-11-9-14(24-12-5-2-1-3-6-12)15(19-10-11)20-17-21-16(22-25-17)13-7-4-8-23-13/h1-3,5-6,9-10,13H,4,7-8H2,(H,19,20,21,22). The monoisotopic (exact) mass is 418 g/mol. The van der Waals surface area contributed by atoms with Crippen LogP contribution in [0.3, 0.4) is 0 Å². The van der Waals surface area contributed by atoms with E-state index in [0.717, 1.165) is 35.5 Å². The Balaban J connectivity index is 1.55. The molecule has 1 fully saturated rings. The van der Waals surface area contributed by atoms with Crippen molar-refractivity contribution in [3.8, 4) is 11.5 Å². The fraction of sp³-hybridized carbons (Fsp3) is 0.235. The zero-order valence-electron chi connectivity index (χ0n) is 13.2. The number of para-hydroxylation sites is 1. The van der Waals surface area contributed by atoms with Crippen molar-refractivity contribution in [1.29, 1.82) is 0 Å². The molecule has 1 saturated heterocycles. The molecule has 0 aliphatic carbocycles. The fourth-order valence-corrected chi connectivity index (χ4v) is 3.43. The number of rotatable bonds is 5. The maximum atomic E-state index is 5.95. The number of ether oxygens (including phenoxy) is 2. The lowest BCUT2D eigenvalue weighted by Crippen LogP contribution is -2.00. The molecule has 128 valence electrons. The van der Waals surface area contributed by atoms with E-state index in [2.05, 4.69) is 35.6 Å². The summed E-state index contributed by atoms with van der Waals surface area (Å²) in [6.07, 6.45) is 3.73. The highest BCUT2D eigenvalue weighted by atomic mass is 79.9. The molecule has 0 bridgehead atoms. The number of aromatic nitrogens is 3. The minimum absolute atomic E-state index is 0.00437. The molecule has 0 spiro atoms. The normalized spacial score (nSPS) is 16.8. The van der Waals surface area contributed by atoms with Gasteiger partial charge >= 0.3 is 0 Å². The van der Waals surface area contributed by atoms with Gasteiger partial charge in [0.05, 0.1) is 0 Å². The Bertz CT molecular complexity index is 853. The second-order valence-corrected chi connectivity index (χ2v) is 7.17. The molecular formula is C17H15BrN4O2S. The van der Waals surface area contributed by atoms with Gasteiger partial charge in [0.2, 0.25) is 5.13 Å². The topological polar surface area (TPSA) is 69.2 Å². The van der Waals surface area contributed by atoms with E-state index in [4.69, 9.17) is 9.47 Å². The van der Waals surface area contributed by atoms with E-state index in [1.165, 1.54) is 11.5 Å². The molecule has 0 saturated carbocycles. The molecule has 3 aromatic rings. The Kier molecular flexibility index (Phi) is 4.91. The molecule has 0 amide bonds. The zero-order chi connectivity index (χ0) is 17.1. The van der Waals surface area contributed by atoms with Gasteiger partial charge < -0.3 is 14.8 Å². The van der Waals surface area contributed by atoms with Gasteiger partial charge in [0.25, 0.3) is 0 Å². The molecule has 1 atom stereocenters. The number of nitrogens with one attached hydrogen (secondary N) is 1. The molecule has 2 aromatic heterocycles. The number of hydrogen-bond donors (Lipinski definition) is 1. The number of halogens is 1. The Labute approximate surface area is 157 Å². The number of nitrogens with zero attached hydrogens (tertiary/aromatic N) is 3. The fourth-order valence-electron chi connectivity index (χ4n) is 2.51. The minimum Gasteiger partial charge on any atom is -0.453 e. The van der Waals surface area contributed by atoms with Crippen LogP contribution in [0.5, 0.6) is 11.5 Å². The third-order valence-corrected chi connectivity index (χ3v) is 4.75. The number of anilines is 2. The average Bonchev–Trinajstić information content (AvgIpc) is 3.30.